The Morgan fingerprint density at radius 2 is 1.91 bits per heavy atom. The lowest BCUT2D eigenvalue weighted by molar-refractivity contribution is -0.136. The van der Waals surface area contributed by atoms with Crippen molar-refractivity contribution in [1.82, 2.24) is 4.57 Å². The summed E-state index contributed by atoms with van der Waals surface area (Å²) in [6, 6.07) is 12.8. The SMILES string of the molecule is C=CCOc1c(I)cc(/C=c2\sc3n(c2=O)[C@H](c2ccccc2)C(C(=O)OC)=C(C)N=3)cc1I. The molecule has 0 spiro atoms. The van der Waals surface area contributed by atoms with Gasteiger partial charge in [-0.25, -0.2) is 9.79 Å². The number of halogens is 2. The van der Waals surface area contributed by atoms with E-state index < -0.39 is 12.0 Å². The van der Waals surface area contributed by atoms with Crippen molar-refractivity contribution in [2.75, 3.05) is 13.7 Å². The fourth-order valence-corrected chi connectivity index (χ4v) is 6.91. The second-order valence-electron chi connectivity index (χ2n) is 7.40. The van der Waals surface area contributed by atoms with Gasteiger partial charge in [-0.05, 0) is 81.4 Å². The number of nitrogens with zero attached hydrogens (tertiary/aromatic N) is 2. The fourth-order valence-electron chi connectivity index (χ4n) is 3.74. The predicted molar refractivity (Wildman–Crippen MR) is 150 cm³/mol. The van der Waals surface area contributed by atoms with E-state index in [1.54, 1.807) is 17.6 Å². The maximum Gasteiger partial charge on any atom is 0.338 e. The minimum absolute atomic E-state index is 0.205. The minimum atomic E-state index is -0.609. The summed E-state index contributed by atoms with van der Waals surface area (Å²) in [7, 11) is 1.33. The molecule has 9 heteroatoms. The third-order valence-corrected chi connectivity index (χ3v) is 7.79. The van der Waals surface area contributed by atoms with Gasteiger partial charge in [0.05, 0.1) is 36.1 Å². The summed E-state index contributed by atoms with van der Waals surface area (Å²) in [6.07, 6.45) is 3.55. The van der Waals surface area contributed by atoms with Crippen molar-refractivity contribution in [3.63, 3.8) is 0 Å². The number of rotatable bonds is 6. The molecule has 0 fully saturated rings. The topological polar surface area (TPSA) is 69.9 Å². The van der Waals surface area contributed by atoms with Crippen molar-refractivity contribution in [3.05, 3.63) is 104 Å². The van der Waals surface area contributed by atoms with Crippen LogP contribution >= 0.6 is 56.5 Å². The summed E-state index contributed by atoms with van der Waals surface area (Å²) < 4.78 is 14.8. The maximum absolute atomic E-state index is 13.6. The van der Waals surface area contributed by atoms with Gasteiger partial charge >= 0.3 is 5.97 Å². The zero-order valence-corrected chi connectivity index (χ0v) is 23.5. The van der Waals surface area contributed by atoms with E-state index in [1.165, 1.54) is 18.4 Å². The first-order chi connectivity index (χ1) is 16.3. The molecule has 0 bridgehead atoms. The van der Waals surface area contributed by atoms with Gasteiger partial charge in [0.1, 0.15) is 12.4 Å². The first-order valence-electron chi connectivity index (χ1n) is 10.2. The number of hydrogen-bond acceptors (Lipinski definition) is 6. The second kappa shape index (κ2) is 10.6. The molecule has 0 radical (unpaired) electrons. The molecule has 1 aromatic heterocycles. The number of esters is 1. The molecule has 0 saturated carbocycles. The number of aromatic nitrogens is 1. The van der Waals surface area contributed by atoms with Crippen LogP contribution in [-0.4, -0.2) is 24.3 Å². The molecule has 0 saturated heterocycles. The molecule has 2 aromatic carbocycles. The molecule has 4 rings (SSSR count). The third-order valence-electron chi connectivity index (χ3n) is 5.21. The number of fused-ring (bicyclic) bond motifs is 1. The van der Waals surface area contributed by atoms with E-state index in [0.717, 1.165) is 24.0 Å². The summed E-state index contributed by atoms with van der Waals surface area (Å²) in [5.74, 6) is 0.297. The standard InChI is InChI=1S/C25H20I2N2O4S/c1-4-10-33-22-17(26)11-15(12-18(22)27)13-19-23(30)29-21(16-8-6-5-7-9-16)20(24(31)32-3)14(2)28-25(29)34-19/h4-9,11-13,21H,1,10H2,2-3H3/b19-13-/t21-/m1/s1. The number of methoxy groups -OCH3 is 1. The van der Waals surface area contributed by atoms with Crippen molar-refractivity contribution >= 4 is 68.6 Å². The number of hydrogen-bond donors (Lipinski definition) is 0. The largest absolute Gasteiger partial charge is 0.487 e. The van der Waals surface area contributed by atoms with Crippen molar-refractivity contribution in [2.45, 2.75) is 13.0 Å². The first kappa shape index (κ1) is 24.9. The van der Waals surface area contributed by atoms with Crippen LogP contribution in [0.15, 0.2) is 76.2 Å². The van der Waals surface area contributed by atoms with Crippen LogP contribution in [0.1, 0.15) is 24.1 Å². The highest BCUT2D eigenvalue weighted by Crippen LogP contribution is 2.31. The van der Waals surface area contributed by atoms with Crippen LogP contribution < -0.4 is 19.6 Å². The highest BCUT2D eigenvalue weighted by atomic mass is 127. The number of ether oxygens (including phenoxy) is 2. The molecular formula is C25H20I2N2O4S. The summed E-state index contributed by atoms with van der Waals surface area (Å²) in [5, 5.41) is 0. The van der Waals surface area contributed by atoms with Gasteiger partial charge in [-0.3, -0.25) is 9.36 Å². The van der Waals surface area contributed by atoms with Gasteiger partial charge in [-0.2, -0.15) is 0 Å². The number of benzene rings is 2. The van der Waals surface area contributed by atoms with Gasteiger partial charge in [0, 0.05) is 0 Å². The van der Waals surface area contributed by atoms with E-state index in [4.69, 9.17) is 9.47 Å². The summed E-state index contributed by atoms with van der Waals surface area (Å²) >= 11 is 5.76. The van der Waals surface area contributed by atoms with E-state index in [9.17, 15) is 9.59 Å². The molecule has 6 nitrogen and oxygen atoms in total. The van der Waals surface area contributed by atoms with E-state index in [2.05, 4.69) is 56.8 Å². The first-order valence-corrected chi connectivity index (χ1v) is 13.2. The second-order valence-corrected chi connectivity index (χ2v) is 10.7. The summed E-state index contributed by atoms with van der Waals surface area (Å²) in [5.41, 5.74) is 2.40. The smallest absolute Gasteiger partial charge is 0.338 e. The minimum Gasteiger partial charge on any atom is -0.487 e. The molecule has 0 unspecified atom stereocenters. The summed E-state index contributed by atoms with van der Waals surface area (Å²) in [6.45, 7) is 5.88. The Bertz CT molecular complexity index is 1470. The summed E-state index contributed by atoms with van der Waals surface area (Å²) in [4.78, 5) is 31.4. The van der Waals surface area contributed by atoms with Crippen LogP contribution in [0.4, 0.5) is 0 Å². The Morgan fingerprint density at radius 1 is 1.24 bits per heavy atom. The van der Waals surface area contributed by atoms with E-state index in [-0.39, 0.29) is 5.56 Å². The Balaban J connectivity index is 1.89. The van der Waals surface area contributed by atoms with Crippen LogP contribution in [0.25, 0.3) is 6.08 Å². The van der Waals surface area contributed by atoms with Gasteiger partial charge in [0.25, 0.3) is 5.56 Å². The van der Waals surface area contributed by atoms with Gasteiger partial charge in [0.15, 0.2) is 4.80 Å². The van der Waals surface area contributed by atoms with E-state index >= 15 is 0 Å². The van der Waals surface area contributed by atoms with Crippen molar-refractivity contribution < 1.29 is 14.3 Å². The highest BCUT2D eigenvalue weighted by molar-refractivity contribution is 14.1. The Hall–Kier alpha value is -2.25. The number of allylic oxidation sites excluding steroid dienone is 1. The lowest BCUT2D eigenvalue weighted by atomic mass is 9.96. The molecule has 1 atom stereocenters. The monoisotopic (exact) mass is 698 g/mol. The zero-order chi connectivity index (χ0) is 24.4. The third kappa shape index (κ3) is 4.78. The molecule has 0 aliphatic carbocycles. The molecule has 0 amide bonds. The number of thiazole rings is 1. The van der Waals surface area contributed by atoms with Gasteiger partial charge < -0.3 is 9.47 Å². The molecule has 174 valence electrons. The quantitative estimate of drug-likeness (QED) is 0.220. The van der Waals surface area contributed by atoms with Gasteiger partial charge in [-0.1, -0.05) is 54.3 Å². The van der Waals surface area contributed by atoms with Crippen LogP contribution in [0, 0.1) is 7.14 Å². The van der Waals surface area contributed by atoms with Gasteiger partial charge in [-0.15, -0.1) is 0 Å². The van der Waals surface area contributed by atoms with E-state index in [0.29, 0.717) is 27.2 Å². The molecule has 34 heavy (non-hydrogen) atoms. The average Bonchev–Trinajstić information content (AvgIpc) is 3.12. The molecular weight excluding hydrogens is 678 g/mol. The Morgan fingerprint density at radius 3 is 2.53 bits per heavy atom. The lowest BCUT2D eigenvalue weighted by Crippen LogP contribution is -2.39. The normalized spacial score (nSPS) is 15.5. The maximum atomic E-state index is 13.6. The average molecular weight is 698 g/mol. The lowest BCUT2D eigenvalue weighted by Gasteiger charge is -2.24. The fraction of sp³-hybridized carbons (Fsp3) is 0.160. The van der Waals surface area contributed by atoms with Crippen LogP contribution in [0.3, 0.4) is 0 Å². The van der Waals surface area contributed by atoms with Crippen LogP contribution in [0.5, 0.6) is 5.75 Å². The van der Waals surface area contributed by atoms with Crippen molar-refractivity contribution in [3.8, 4) is 5.75 Å². The molecule has 1 aliphatic rings. The molecule has 0 N–H and O–H groups in total. The molecule has 2 heterocycles. The van der Waals surface area contributed by atoms with Crippen molar-refractivity contribution in [1.29, 1.82) is 0 Å². The number of carbonyl (C=O) groups is 1. The van der Waals surface area contributed by atoms with E-state index in [1.807, 2.05) is 48.5 Å². The Labute approximate surface area is 227 Å². The highest BCUT2D eigenvalue weighted by Gasteiger charge is 2.32. The van der Waals surface area contributed by atoms with Crippen LogP contribution in [-0.2, 0) is 9.53 Å². The van der Waals surface area contributed by atoms with Crippen molar-refractivity contribution in [2.24, 2.45) is 4.99 Å². The molecule has 1 aliphatic heterocycles. The predicted octanol–water partition coefficient (Wildman–Crippen LogP) is 4.18. The number of carbonyl (C=O) groups excluding carboxylic acids is 1. The molecule has 3 aromatic rings. The zero-order valence-electron chi connectivity index (χ0n) is 18.4. The van der Waals surface area contributed by atoms with Gasteiger partial charge in [0.2, 0.25) is 0 Å². The Kier molecular flexibility index (Phi) is 7.73. The van der Waals surface area contributed by atoms with Crippen LogP contribution in [0.2, 0.25) is 0 Å².